The standard InChI is InChI=1S/C15H24FN/c1-11-9-14(16)13(15(2,3)4)10-12(11)7-5-6-8-17/h9-10H,5-8,17H2,1-4H3. The molecule has 0 heterocycles. The molecule has 0 fully saturated rings. The molecular weight excluding hydrogens is 213 g/mol. The molecule has 0 amide bonds. The highest BCUT2D eigenvalue weighted by Gasteiger charge is 2.19. The molecular formula is C15H24FN. The Morgan fingerprint density at radius 2 is 1.82 bits per heavy atom. The molecule has 1 nitrogen and oxygen atoms in total. The van der Waals surface area contributed by atoms with Crippen molar-refractivity contribution in [2.24, 2.45) is 5.73 Å². The minimum absolute atomic E-state index is 0.0856. The highest BCUT2D eigenvalue weighted by Crippen LogP contribution is 2.28. The number of benzene rings is 1. The van der Waals surface area contributed by atoms with Crippen molar-refractivity contribution in [3.8, 4) is 0 Å². The van der Waals surface area contributed by atoms with Gasteiger partial charge in [0, 0.05) is 0 Å². The van der Waals surface area contributed by atoms with Crippen LogP contribution in [0.4, 0.5) is 4.39 Å². The first kappa shape index (κ1) is 14.2. The topological polar surface area (TPSA) is 26.0 Å². The average Bonchev–Trinajstić information content (AvgIpc) is 2.19. The number of aryl methyl sites for hydroxylation is 2. The lowest BCUT2D eigenvalue weighted by Gasteiger charge is -2.22. The van der Waals surface area contributed by atoms with E-state index >= 15 is 0 Å². The summed E-state index contributed by atoms with van der Waals surface area (Å²) in [5, 5.41) is 0. The minimum Gasteiger partial charge on any atom is -0.330 e. The molecule has 1 aromatic rings. The van der Waals surface area contributed by atoms with Crippen molar-refractivity contribution in [2.75, 3.05) is 6.54 Å². The molecule has 0 aromatic heterocycles. The van der Waals surface area contributed by atoms with Gasteiger partial charge in [0.2, 0.25) is 0 Å². The predicted octanol–water partition coefficient (Wildman–Crippen LogP) is 3.71. The van der Waals surface area contributed by atoms with Gasteiger partial charge in [-0.05, 0) is 60.9 Å². The Morgan fingerprint density at radius 3 is 2.35 bits per heavy atom. The smallest absolute Gasteiger partial charge is 0.127 e. The van der Waals surface area contributed by atoms with E-state index in [1.165, 1.54) is 5.56 Å². The molecule has 0 saturated heterocycles. The second-order valence-corrected chi connectivity index (χ2v) is 5.75. The number of hydrogen-bond acceptors (Lipinski definition) is 1. The van der Waals surface area contributed by atoms with Gasteiger partial charge < -0.3 is 5.73 Å². The van der Waals surface area contributed by atoms with Crippen molar-refractivity contribution in [3.63, 3.8) is 0 Å². The van der Waals surface area contributed by atoms with Crippen molar-refractivity contribution in [1.82, 2.24) is 0 Å². The van der Waals surface area contributed by atoms with Crippen LogP contribution in [0.3, 0.4) is 0 Å². The number of halogens is 1. The van der Waals surface area contributed by atoms with Gasteiger partial charge in [0.1, 0.15) is 5.82 Å². The van der Waals surface area contributed by atoms with Gasteiger partial charge in [-0.2, -0.15) is 0 Å². The molecule has 0 atom stereocenters. The molecule has 0 saturated carbocycles. The Morgan fingerprint density at radius 1 is 1.18 bits per heavy atom. The third-order valence-electron chi connectivity index (χ3n) is 3.13. The zero-order valence-electron chi connectivity index (χ0n) is 11.4. The van der Waals surface area contributed by atoms with Crippen molar-refractivity contribution in [1.29, 1.82) is 0 Å². The molecule has 1 aromatic carbocycles. The van der Waals surface area contributed by atoms with Gasteiger partial charge in [0.05, 0.1) is 0 Å². The Kier molecular flexibility index (Phi) is 4.70. The van der Waals surface area contributed by atoms with E-state index in [2.05, 4.69) is 0 Å². The van der Waals surface area contributed by atoms with Crippen LogP contribution in [0.5, 0.6) is 0 Å². The monoisotopic (exact) mass is 237 g/mol. The SMILES string of the molecule is Cc1cc(F)c(C(C)(C)C)cc1CCCCN. The number of unbranched alkanes of at least 4 members (excludes halogenated alkanes) is 1. The second-order valence-electron chi connectivity index (χ2n) is 5.75. The Balaban J connectivity index is 2.98. The molecule has 1 rings (SSSR count). The lowest BCUT2D eigenvalue weighted by molar-refractivity contribution is 0.520. The summed E-state index contributed by atoms with van der Waals surface area (Å²) in [6.07, 6.45) is 3.10. The molecule has 0 spiro atoms. The maximum absolute atomic E-state index is 13.9. The van der Waals surface area contributed by atoms with Crippen molar-refractivity contribution in [2.45, 2.75) is 52.4 Å². The molecule has 96 valence electrons. The Labute approximate surface area is 104 Å². The van der Waals surface area contributed by atoms with E-state index in [4.69, 9.17) is 5.73 Å². The van der Waals surface area contributed by atoms with Crippen molar-refractivity contribution in [3.05, 3.63) is 34.6 Å². The van der Waals surface area contributed by atoms with Gasteiger partial charge in [-0.15, -0.1) is 0 Å². The summed E-state index contributed by atoms with van der Waals surface area (Å²) in [7, 11) is 0. The Hall–Kier alpha value is -0.890. The van der Waals surface area contributed by atoms with Crippen LogP contribution in [0.25, 0.3) is 0 Å². The van der Waals surface area contributed by atoms with E-state index in [1.807, 2.05) is 33.8 Å². The van der Waals surface area contributed by atoms with Crippen LogP contribution in [0.2, 0.25) is 0 Å². The quantitative estimate of drug-likeness (QED) is 0.794. The van der Waals surface area contributed by atoms with Gasteiger partial charge in [-0.25, -0.2) is 4.39 Å². The molecule has 0 unspecified atom stereocenters. The normalized spacial score (nSPS) is 11.9. The van der Waals surface area contributed by atoms with Gasteiger partial charge in [-0.1, -0.05) is 26.8 Å². The van der Waals surface area contributed by atoms with Crippen LogP contribution in [-0.2, 0) is 11.8 Å². The fourth-order valence-corrected chi connectivity index (χ4v) is 2.02. The largest absolute Gasteiger partial charge is 0.330 e. The summed E-state index contributed by atoms with van der Waals surface area (Å²) in [5.74, 6) is -0.0856. The molecule has 0 aliphatic carbocycles. The summed E-state index contributed by atoms with van der Waals surface area (Å²) in [5.41, 5.74) is 8.47. The van der Waals surface area contributed by atoms with Crippen LogP contribution in [0, 0.1) is 12.7 Å². The highest BCUT2D eigenvalue weighted by molar-refractivity contribution is 5.36. The number of rotatable bonds is 4. The number of nitrogens with two attached hydrogens (primary N) is 1. The maximum Gasteiger partial charge on any atom is 0.127 e. The van der Waals surface area contributed by atoms with Crippen LogP contribution in [-0.4, -0.2) is 6.54 Å². The van der Waals surface area contributed by atoms with E-state index in [1.54, 1.807) is 6.07 Å². The molecule has 0 aliphatic heterocycles. The molecule has 2 heteroatoms. The lowest BCUT2D eigenvalue weighted by Crippen LogP contribution is -2.14. The fraction of sp³-hybridized carbons (Fsp3) is 0.600. The predicted molar refractivity (Wildman–Crippen MR) is 71.8 cm³/mol. The van der Waals surface area contributed by atoms with E-state index in [0.29, 0.717) is 0 Å². The van der Waals surface area contributed by atoms with E-state index < -0.39 is 0 Å². The van der Waals surface area contributed by atoms with E-state index in [9.17, 15) is 4.39 Å². The highest BCUT2D eigenvalue weighted by atomic mass is 19.1. The molecule has 0 radical (unpaired) electrons. The van der Waals surface area contributed by atoms with Crippen LogP contribution >= 0.6 is 0 Å². The average molecular weight is 237 g/mol. The maximum atomic E-state index is 13.9. The minimum atomic E-state index is -0.138. The van der Waals surface area contributed by atoms with E-state index in [-0.39, 0.29) is 11.2 Å². The van der Waals surface area contributed by atoms with Crippen molar-refractivity contribution < 1.29 is 4.39 Å². The first-order valence-electron chi connectivity index (χ1n) is 6.36. The first-order chi connectivity index (χ1) is 7.86. The first-order valence-corrected chi connectivity index (χ1v) is 6.36. The van der Waals surface area contributed by atoms with Crippen LogP contribution < -0.4 is 5.73 Å². The molecule has 0 bridgehead atoms. The summed E-state index contributed by atoms with van der Waals surface area (Å²) < 4.78 is 13.9. The fourth-order valence-electron chi connectivity index (χ4n) is 2.02. The zero-order valence-corrected chi connectivity index (χ0v) is 11.4. The van der Waals surface area contributed by atoms with Crippen molar-refractivity contribution >= 4 is 0 Å². The van der Waals surface area contributed by atoms with Crippen LogP contribution in [0.15, 0.2) is 12.1 Å². The van der Waals surface area contributed by atoms with Crippen LogP contribution in [0.1, 0.15) is 50.3 Å². The third-order valence-corrected chi connectivity index (χ3v) is 3.13. The number of hydrogen-bond donors (Lipinski definition) is 1. The summed E-state index contributed by atoms with van der Waals surface area (Å²) >= 11 is 0. The van der Waals surface area contributed by atoms with Gasteiger partial charge in [0.25, 0.3) is 0 Å². The second kappa shape index (κ2) is 5.63. The van der Waals surface area contributed by atoms with Gasteiger partial charge >= 0.3 is 0 Å². The third kappa shape index (κ3) is 3.81. The Bertz CT molecular complexity index is 377. The van der Waals surface area contributed by atoms with Gasteiger partial charge in [-0.3, -0.25) is 0 Å². The summed E-state index contributed by atoms with van der Waals surface area (Å²) in [6.45, 7) is 8.85. The molecule has 0 aliphatic rings. The van der Waals surface area contributed by atoms with E-state index in [0.717, 1.165) is 36.9 Å². The summed E-state index contributed by atoms with van der Waals surface area (Å²) in [4.78, 5) is 0. The lowest BCUT2D eigenvalue weighted by atomic mass is 9.84. The summed E-state index contributed by atoms with van der Waals surface area (Å²) in [6, 6.07) is 3.69. The molecule has 2 N–H and O–H groups in total. The molecule has 17 heavy (non-hydrogen) atoms. The zero-order chi connectivity index (χ0) is 13.1. The van der Waals surface area contributed by atoms with Gasteiger partial charge in [0.15, 0.2) is 0 Å².